The summed E-state index contributed by atoms with van der Waals surface area (Å²) in [6, 6.07) is 14.7. The van der Waals surface area contributed by atoms with Crippen molar-refractivity contribution in [1.29, 1.82) is 0 Å². The van der Waals surface area contributed by atoms with E-state index in [1.807, 2.05) is 18.2 Å². The van der Waals surface area contributed by atoms with Crippen LogP contribution in [0, 0.1) is 0 Å². The minimum absolute atomic E-state index is 0.106. The number of anilines is 1. The van der Waals surface area contributed by atoms with Crippen LogP contribution >= 0.6 is 15.9 Å². The van der Waals surface area contributed by atoms with E-state index in [0.29, 0.717) is 31.6 Å². The highest BCUT2D eigenvalue weighted by Crippen LogP contribution is 2.34. The van der Waals surface area contributed by atoms with Gasteiger partial charge in [0.2, 0.25) is 0 Å². The quantitative estimate of drug-likeness (QED) is 0.373. The third-order valence-electron chi connectivity index (χ3n) is 6.22. The van der Waals surface area contributed by atoms with Crippen molar-refractivity contribution < 1.29 is 19.5 Å². The van der Waals surface area contributed by atoms with Crippen molar-refractivity contribution in [2.24, 2.45) is 0 Å². The van der Waals surface area contributed by atoms with Crippen molar-refractivity contribution in [3.8, 4) is 0 Å². The molecular formula is C26H32BrN3O4. The van der Waals surface area contributed by atoms with E-state index in [2.05, 4.69) is 49.7 Å². The molecule has 7 nitrogen and oxygen atoms in total. The lowest BCUT2D eigenvalue weighted by molar-refractivity contribution is -0.137. The molecule has 34 heavy (non-hydrogen) atoms. The molecule has 0 aromatic heterocycles. The SMILES string of the molecule is CC(=O)C(CCN(CCCC(=O)O)C1CCCc2ccccc21)NC(=O)Nc1ccc(Br)cc1. The number of rotatable bonds is 11. The highest BCUT2D eigenvalue weighted by Gasteiger charge is 2.27. The summed E-state index contributed by atoms with van der Waals surface area (Å²) in [7, 11) is 0. The van der Waals surface area contributed by atoms with Gasteiger partial charge in [0.1, 0.15) is 0 Å². The Kier molecular flexibility index (Phi) is 9.65. The van der Waals surface area contributed by atoms with Crippen LogP contribution in [-0.4, -0.2) is 46.9 Å². The first-order chi connectivity index (χ1) is 16.3. The molecule has 3 rings (SSSR count). The maximum Gasteiger partial charge on any atom is 0.319 e. The maximum absolute atomic E-state index is 12.5. The molecule has 0 aliphatic heterocycles. The van der Waals surface area contributed by atoms with Crippen LogP contribution in [0.3, 0.4) is 0 Å². The molecule has 3 N–H and O–H groups in total. The molecule has 1 aliphatic carbocycles. The first-order valence-electron chi connectivity index (χ1n) is 11.7. The van der Waals surface area contributed by atoms with Gasteiger partial charge in [0, 0.05) is 29.2 Å². The first-order valence-corrected chi connectivity index (χ1v) is 12.5. The summed E-state index contributed by atoms with van der Waals surface area (Å²) < 4.78 is 0.910. The lowest BCUT2D eigenvalue weighted by Crippen LogP contribution is -2.44. The minimum atomic E-state index is -0.808. The van der Waals surface area contributed by atoms with Crippen molar-refractivity contribution >= 4 is 39.4 Å². The highest BCUT2D eigenvalue weighted by atomic mass is 79.9. The van der Waals surface area contributed by atoms with Gasteiger partial charge < -0.3 is 15.7 Å². The molecule has 2 atom stereocenters. The number of fused-ring (bicyclic) bond motifs is 1. The number of amides is 2. The maximum atomic E-state index is 12.5. The number of hydrogen-bond acceptors (Lipinski definition) is 4. The number of carboxylic acid groups (broad SMARTS) is 1. The van der Waals surface area contributed by atoms with Gasteiger partial charge in [-0.05, 0) is 81.0 Å². The molecule has 0 heterocycles. The second kappa shape index (κ2) is 12.7. The Morgan fingerprint density at radius 3 is 2.56 bits per heavy atom. The van der Waals surface area contributed by atoms with E-state index in [1.54, 1.807) is 12.1 Å². The summed E-state index contributed by atoms with van der Waals surface area (Å²) in [5, 5.41) is 14.7. The van der Waals surface area contributed by atoms with Gasteiger partial charge in [0.05, 0.1) is 6.04 Å². The van der Waals surface area contributed by atoms with Gasteiger partial charge in [-0.15, -0.1) is 0 Å². The van der Waals surface area contributed by atoms with Crippen LogP contribution in [0.2, 0.25) is 0 Å². The summed E-state index contributed by atoms with van der Waals surface area (Å²) in [6.07, 6.45) is 4.21. The molecule has 8 heteroatoms. The molecule has 2 amide bonds. The second-order valence-corrected chi connectivity index (χ2v) is 9.61. The summed E-state index contributed by atoms with van der Waals surface area (Å²) in [5.74, 6) is -0.919. The molecule has 2 aromatic rings. The van der Waals surface area contributed by atoms with Gasteiger partial charge in [0.15, 0.2) is 5.78 Å². The third kappa shape index (κ3) is 7.67. The van der Waals surface area contributed by atoms with E-state index in [4.69, 9.17) is 5.11 Å². The van der Waals surface area contributed by atoms with Gasteiger partial charge in [-0.3, -0.25) is 14.5 Å². The number of urea groups is 1. The van der Waals surface area contributed by atoms with Crippen LogP contribution in [0.15, 0.2) is 53.0 Å². The van der Waals surface area contributed by atoms with Crippen LogP contribution in [-0.2, 0) is 16.0 Å². The number of carbonyl (C=O) groups excluding carboxylic acids is 2. The molecule has 0 radical (unpaired) electrons. The highest BCUT2D eigenvalue weighted by molar-refractivity contribution is 9.10. The average molecular weight is 530 g/mol. The third-order valence-corrected chi connectivity index (χ3v) is 6.75. The molecular weight excluding hydrogens is 498 g/mol. The van der Waals surface area contributed by atoms with E-state index in [9.17, 15) is 14.4 Å². The Labute approximate surface area is 209 Å². The topological polar surface area (TPSA) is 98.7 Å². The van der Waals surface area contributed by atoms with Crippen molar-refractivity contribution in [3.05, 3.63) is 64.1 Å². The molecule has 2 unspecified atom stereocenters. The lowest BCUT2D eigenvalue weighted by Gasteiger charge is -2.36. The Morgan fingerprint density at radius 2 is 1.85 bits per heavy atom. The number of benzene rings is 2. The van der Waals surface area contributed by atoms with E-state index >= 15 is 0 Å². The van der Waals surface area contributed by atoms with Crippen LogP contribution < -0.4 is 10.6 Å². The fraction of sp³-hybridized carbons (Fsp3) is 0.423. The van der Waals surface area contributed by atoms with Crippen LogP contribution in [0.4, 0.5) is 10.5 Å². The summed E-state index contributed by atoms with van der Waals surface area (Å²) >= 11 is 3.36. The number of aliphatic carboxylic acids is 1. The van der Waals surface area contributed by atoms with Gasteiger partial charge in [-0.2, -0.15) is 0 Å². The average Bonchev–Trinajstić information content (AvgIpc) is 2.81. The molecule has 0 fully saturated rings. The summed E-state index contributed by atoms with van der Waals surface area (Å²) in [6.45, 7) is 2.69. The Balaban J connectivity index is 1.66. The van der Waals surface area contributed by atoms with Crippen molar-refractivity contribution in [2.75, 3.05) is 18.4 Å². The monoisotopic (exact) mass is 529 g/mol. The van der Waals surface area contributed by atoms with Crippen LogP contribution in [0.1, 0.15) is 56.2 Å². The Hall–Kier alpha value is -2.71. The smallest absolute Gasteiger partial charge is 0.319 e. The molecule has 0 spiro atoms. The molecule has 0 saturated heterocycles. The van der Waals surface area contributed by atoms with Gasteiger partial charge in [-0.25, -0.2) is 4.79 Å². The molecule has 182 valence electrons. The number of Topliss-reactive ketones (excluding diaryl/α,β-unsaturated/α-hetero) is 1. The minimum Gasteiger partial charge on any atom is -0.481 e. The van der Waals surface area contributed by atoms with Crippen molar-refractivity contribution in [3.63, 3.8) is 0 Å². The van der Waals surface area contributed by atoms with E-state index in [1.165, 1.54) is 18.1 Å². The van der Waals surface area contributed by atoms with Crippen molar-refractivity contribution in [1.82, 2.24) is 10.2 Å². The number of aryl methyl sites for hydroxylation is 1. The summed E-state index contributed by atoms with van der Waals surface area (Å²) in [4.78, 5) is 38.2. The largest absolute Gasteiger partial charge is 0.481 e. The second-order valence-electron chi connectivity index (χ2n) is 8.70. The van der Waals surface area contributed by atoms with Gasteiger partial charge in [-0.1, -0.05) is 40.2 Å². The fourth-order valence-corrected chi connectivity index (χ4v) is 4.76. The number of hydrogen-bond donors (Lipinski definition) is 3. The number of halogens is 1. The summed E-state index contributed by atoms with van der Waals surface area (Å²) in [5.41, 5.74) is 3.25. The molecule has 1 aliphatic rings. The molecule has 0 bridgehead atoms. The van der Waals surface area contributed by atoms with Crippen LogP contribution in [0.5, 0.6) is 0 Å². The van der Waals surface area contributed by atoms with E-state index in [0.717, 1.165) is 23.7 Å². The Morgan fingerprint density at radius 1 is 1.12 bits per heavy atom. The zero-order valence-corrected chi connectivity index (χ0v) is 21.0. The van der Waals surface area contributed by atoms with E-state index in [-0.39, 0.29) is 18.2 Å². The molecule has 2 aromatic carbocycles. The van der Waals surface area contributed by atoms with E-state index < -0.39 is 18.0 Å². The predicted octanol–water partition coefficient (Wildman–Crippen LogP) is 5.16. The van der Waals surface area contributed by atoms with Gasteiger partial charge in [0.25, 0.3) is 0 Å². The number of ketones is 1. The first kappa shape index (κ1) is 25.9. The predicted molar refractivity (Wildman–Crippen MR) is 136 cm³/mol. The molecule has 0 saturated carbocycles. The van der Waals surface area contributed by atoms with Crippen LogP contribution in [0.25, 0.3) is 0 Å². The van der Waals surface area contributed by atoms with Gasteiger partial charge >= 0.3 is 12.0 Å². The normalized spacial score (nSPS) is 15.9. The number of carboxylic acids is 1. The van der Waals surface area contributed by atoms with Crippen molar-refractivity contribution in [2.45, 2.75) is 57.5 Å². The fourth-order valence-electron chi connectivity index (χ4n) is 4.50. The number of nitrogens with zero attached hydrogens (tertiary/aromatic N) is 1. The zero-order chi connectivity index (χ0) is 24.5. The number of carbonyl (C=O) groups is 3. The standard InChI is InChI=1S/C26H32BrN3O4/c1-18(31)23(29-26(34)28-21-13-11-20(27)12-14-21)15-17-30(16-5-10-25(32)33)24-9-4-7-19-6-2-3-8-22(19)24/h2-3,6,8,11-14,23-24H,4-5,7,9-10,15-17H2,1H3,(H,32,33)(H2,28,29,34). The Bertz CT molecular complexity index is 996. The zero-order valence-electron chi connectivity index (χ0n) is 19.4. The number of nitrogens with one attached hydrogen (secondary N) is 2. The lowest BCUT2D eigenvalue weighted by atomic mass is 9.86.